The molecule has 2 aliphatic heterocycles. The van der Waals surface area contributed by atoms with Crippen molar-refractivity contribution < 1.29 is 23.5 Å². The third-order valence-corrected chi connectivity index (χ3v) is 6.06. The lowest BCUT2D eigenvalue weighted by Crippen LogP contribution is -2.61. The average molecular weight is 348 g/mol. The van der Waals surface area contributed by atoms with Crippen LogP contribution >= 0.6 is 0 Å². The van der Waals surface area contributed by atoms with Crippen LogP contribution in [0, 0.1) is 5.92 Å². The van der Waals surface area contributed by atoms with Crippen molar-refractivity contribution in [2.24, 2.45) is 5.92 Å². The van der Waals surface area contributed by atoms with Crippen molar-refractivity contribution in [3.05, 3.63) is 23.8 Å². The molecule has 2 aliphatic rings. The third kappa shape index (κ3) is 3.76. The van der Waals surface area contributed by atoms with Gasteiger partial charge in [-0.05, 0) is 37.8 Å². The van der Waals surface area contributed by atoms with Gasteiger partial charge in [0, 0.05) is 18.4 Å². The second kappa shape index (κ2) is 7.65. The zero-order chi connectivity index (χ0) is 17.9. The summed E-state index contributed by atoms with van der Waals surface area (Å²) >= 11 is 0. The van der Waals surface area contributed by atoms with Crippen molar-refractivity contribution in [1.82, 2.24) is 0 Å². The summed E-state index contributed by atoms with van der Waals surface area (Å²) in [6.07, 6.45) is 6.26. The van der Waals surface area contributed by atoms with E-state index in [1.807, 2.05) is 0 Å². The number of methoxy groups -OCH3 is 2. The first-order valence-electron chi connectivity index (χ1n) is 9.31. The average Bonchev–Trinajstić information content (AvgIpc) is 2.64. The number of ether oxygens (including phenoxy) is 3. The van der Waals surface area contributed by atoms with Crippen LogP contribution in [0.25, 0.3) is 0 Å². The van der Waals surface area contributed by atoms with Crippen molar-refractivity contribution in [2.45, 2.75) is 38.1 Å². The van der Waals surface area contributed by atoms with Gasteiger partial charge < -0.3 is 18.7 Å². The van der Waals surface area contributed by atoms with Crippen LogP contribution in [0.1, 0.15) is 42.5 Å². The first-order valence-corrected chi connectivity index (χ1v) is 9.31. The molecule has 2 fully saturated rings. The van der Waals surface area contributed by atoms with Gasteiger partial charge in [0.15, 0.2) is 0 Å². The molecule has 0 radical (unpaired) electrons. The fraction of sp³-hybridized carbons (Fsp3) is 0.650. The molecule has 0 saturated carbocycles. The minimum absolute atomic E-state index is 0.310. The Morgan fingerprint density at radius 1 is 1.12 bits per heavy atom. The van der Waals surface area contributed by atoms with Crippen LogP contribution in [0.4, 0.5) is 0 Å². The molecule has 0 bridgehead atoms. The van der Waals surface area contributed by atoms with Crippen LogP contribution in [0.3, 0.4) is 0 Å². The molecule has 2 heterocycles. The highest BCUT2D eigenvalue weighted by atomic mass is 16.5. The monoisotopic (exact) mass is 348 g/mol. The van der Waals surface area contributed by atoms with Crippen molar-refractivity contribution in [3.8, 4) is 11.5 Å². The Morgan fingerprint density at radius 2 is 1.92 bits per heavy atom. The number of rotatable bonds is 5. The van der Waals surface area contributed by atoms with Gasteiger partial charge in [0.05, 0.1) is 40.4 Å². The lowest BCUT2D eigenvalue weighted by molar-refractivity contribution is -0.947. The molecule has 138 valence electrons. The number of nitrogens with zero attached hydrogens (tertiary/aromatic N) is 1. The first-order chi connectivity index (χ1) is 12.1. The largest absolute Gasteiger partial charge is 0.497 e. The molecule has 5 nitrogen and oxygen atoms in total. The molecule has 3 rings (SSSR count). The highest BCUT2D eigenvalue weighted by Gasteiger charge is 2.43. The van der Waals surface area contributed by atoms with E-state index in [0.717, 1.165) is 10.9 Å². The Balaban J connectivity index is 1.66. The molecule has 0 unspecified atom stereocenters. The summed E-state index contributed by atoms with van der Waals surface area (Å²) in [4.78, 5) is 12.6. The number of benzene rings is 1. The number of piperidine rings is 2. The number of hydrogen-bond donors (Lipinski definition) is 0. The number of carbonyl (C=O) groups excluding carboxylic acids is 1. The first kappa shape index (κ1) is 18.1. The van der Waals surface area contributed by atoms with Crippen LogP contribution in [-0.2, 0) is 4.74 Å². The lowest BCUT2D eigenvalue weighted by atomic mass is 9.82. The van der Waals surface area contributed by atoms with Gasteiger partial charge in [0.25, 0.3) is 0 Å². The molecule has 25 heavy (non-hydrogen) atoms. The summed E-state index contributed by atoms with van der Waals surface area (Å²) in [6.45, 7) is 3.04. The minimum Gasteiger partial charge on any atom is -0.497 e. The van der Waals surface area contributed by atoms with Gasteiger partial charge in [-0.25, -0.2) is 4.79 Å². The topological polar surface area (TPSA) is 44.8 Å². The highest BCUT2D eigenvalue weighted by molar-refractivity contribution is 5.92. The Hall–Kier alpha value is -1.75. The molecular formula is C20H30NO4+. The zero-order valence-electron chi connectivity index (χ0n) is 15.6. The lowest BCUT2D eigenvalue weighted by Gasteiger charge is -2.51. The Kier molecular flexibility index (Phi) is 5.52. The van der Waals surface area contributed by atoms with Crippen LogP contribution < -0.4 is 9.47 Å². The van der Waals surface area contributed by atoms with Gasteiger partial charge in [-0.2, -0.15) is 0 Å². The smallest absolute Gasteiger partial charge is 0.341 e. The molecule has 0 N–H and O–H groups in total. The van der Waals surface area contributed by atoms with Gasteiger partial charge in [0.1, 0.15) is 23.7 Å². The molecule has 0 amide bonds. The van der Waals surface area contributed by atoms with Crippen LogP contribution in [0.2, 0.25) is 0 Å². The van der Waals surface area contributed by atoms with Crippen LogP contribution in [0.5, 0.6) is 11.5 Å². The SMILES string of the molecule is COc1ccc(C(=O)OC[C@@H]2CCC[N@@+]3(C)CCCC[C@@H]23)c(OC)c1. The van der Waals surface area contributed by atoms with Crippen molar-refractivity contribution in [3.63, 3.8) is 0 Å². The van der Waals surface area contributed by atoms with E-state index in [0.29, 0.717) is 35.6 Å². The van der Waals surface area contributed by atoms with E-state index in [1.165, 1.54) is 38.8 Å². The van der Waals surface area contributed by atoms with E-state index in [4.69, 9.17) is 14.2 Å². The maximum absolute atomic E-state index is 12.6. The zero-order valence-corrected chi connectivity index (χ0v) is 15.6. The summed E-state index contributed by atoms with van der Waals surface area (Å²) in [6, 6.07) is 5.82. The molecule has 1 aromatic carbocycles. The van der Waals surface area contributed by atoms with Crippen molar-refractivity contribution >= 4 is 5.97 Å². The maximum Gasteiger partial charge on any atom is 0.341 e. The van der Waals surface area contributed by atoms with Crippen LogP contribution in [0.15, 0.2) is 18.2 Å². The third-order valence-electron chi connectivity index (χ3n) is 6.06. The molecular weight excluding hydrogens is 318 g/mol. The molecule has 0 aliphatic carbocycles. The summed E-state index contributed by atoms with van der Waals surface area (Å²) in [5, 5.41) is 0. The van der Waals surface area contributed by atoms with E-state index in [-0.39, 0.29) is 5.97 Å². The summed E-state index contributed by atoms with van der Waals surface area (Å²) in [5.41, 5.74) is 0.458. The van der Waals surface area contributed by atoms with E-state index in [9.17, 15) is 4.79 Å². The van der Waals surface area contributed by atoms with Gasteiger partial charge in [-0.1, -0.05) is 0 Å². The molecule has 2 saturated heterocycles. The molecule has 0 spiro atoms. The van der Waals surface area contributed by atoms with Gasteiger partial charge in [-0.3, -0.25) is 0 Å². The normalized spacial score (nSPS) is 28.8. The number of hydrogen-bond acceptors (Lipinski definition) is 4. The molecule has 1 aromatic rings. The number of esters is 1. The fourth-order valence-electron chi connectivity index (χ4n) is 4.66. The predicted octanol–water partition coefficient (Wildman–Crippen LogP) is 3.27. The summed E-state index contributed by atoms with van der Waals surface area (Å²) in [7, 11) is 5.53. The van der Waals surface area contributed by atoms with E-state index in [1.54, 1.807) is 32.4 Å². The summed E-state index contributed by atoms with van der Waals surface area (Å²) in [5.74, 6) is 1.31. The van der Waals surface area contributed by atoms with E-state index < -0.39 is 0 Å². The Bertz CT molecular complexity index is 614. The van der Waals surface area contributed by atoms with E-state index in [2.05, 4.69) is 7.05 Å². The molecule has 0 aromatic heterocycles. The minimum atomic E-state index is -0.310. The molecule has 3 atom stereocenters. The summed E-state index contributed by atoms with van der Waals surface area (Å²) < 4.78 is 17.4. The quantitative estimate of drug-likeness (QED) is 0.605. The van der Waals surface area contributed by atoms with Crippen molar-refractivity contribution in [1.29, 1.82) is 0 Å². The van der Waals surface area contributed by atoms with Crippen LogP contribution in [-0.4, -0.2) is 57.5 Å². The van der Waals surface area contributed by atoms with Gasteiger partial charge in [0.2, 0.25) is 0 Å². The molecule has 5 heteroatoms. The fourth-order valence-corrected chi connectivity index (χ4v) is 4.66. The van der Waals surface area contributed by atoms with Gasteiger partial charge in [-0.15, -0.1) is 0 Å². The van der Waals surface area contributed by atoms with E-state index >= 15 is 0 Å². The van der Waals surface area contributed by atoms with Gasteiger partial charge >= 0.3 is 5.97 Å². The predicted molar refractivity (Wildman–Crippen MR) is 96.1 cm³/mol. The standard InChI is InChI=1S/C20H30NO4/c1-21-11-5-4-8-18(21)15(7-6-12-21)14-25-20(22)17-10-9-16(23-2)13-19(17)24-3/h9-10,13,15,18H,4-8,11-12,14H2,1-3H3/q+1/t15-,18-,21+/m0/s1. The number of quaternary nitrogens is 1. The number of fused-ring (bicyclic) bond motifs is 1. The Morgan fingerprint density at radius 3 is 2.68 bits per heavy atom. The van der Waals surface area contributed by atoms with Crippen molar-refractivity contribution in [2.75, 3.05) is 41.0 Å². The second-order valence-corrected chi connectivity index (χ2v) is 7.56. The Labute approximate surface area is 150 Å². The second-order valence-electron chi connectivity index (χ2n) is 7.56. The maximum atomic E-state index is 12.6. The number of carbonyl (C=O) groups is 1. The highest BCUT2D eigenvalue weighted by Crippen LogP contribution is 2.36.